The lowest BCUT2D eigenvalue weighted by atomic mass is 9.72. The van der Waals surface area contributed by atoms with E-state index >= 15 is 0 Å². The SMILES string of the molecule is CCOc1nn2c(-c3ccccc3)c(-c3ccc(C4(N)CCC4)cc3)nc2c(C)c1C. The molecule has 0 saturated heterocycles. The van der Waals surface area contributed by atoms with Crippen LogP contribution >= 0.6 is 0 Å². The maximum atomic E-state index is 6.53. The molecule has 2 aromatic heterocycles. The summed E-state index contributed by atoms with van der Waals surface area (Å²) < 4.78 is 7.76. The van der Waals surface area contributed by atoms with Gasteiger partial charge in [0.1, 0.15) is 5.69 Å². The molecule has 2 N–H and O–H groups in total. The van der Waals surface area contributed by atoms with E-state index in [1.807, 2.05) is 36.6 Å². The lowest BCUT2D eigenvalue weighted by Crippen LogP contribution is -2.43. The number of imidazole rings is 1. The van der Waals surface area contributed by atoms with Crippen LogP contribution in [0.1, 0.15) is 42.9 Å². The predicted octanol–water partition coefficient (Wildman–Crippen LogP) is 5.42. The Kier molecular flexibility index (Phi) is 4.78. The van der Waals surface area contributed by atoms with Gasteiger partial charge in [-0.1, -0.05) is 54.6 Å². The zero-order valence-corrected chi connectivity index (χ0v) is 18.4. The van der Waals surface area contributed by atoms with Gasteiger partial charge in [-0.05, 0) is 45.6 Å². The third-order valence-corrected chi connectivity index (χ3v) is 6.57. The number of benzene rings is 2. The average molecular weight is 413 g/mol. The zero-order valence-electron chi connectivity index (χ0n) is 18.4. The lowest BCUT2D eigenvalue weighted by molar-refractivity contribution is 0.253. The zero-order chi connectivity index (χ0) is 21.6. The highest BCUT2D eigenvalue weighted by molar-refractivity contribution is 5.82. The number of nitrogens with two attached hydrogens (primary N) is 1. The van der Waals surface area contributed by atoms with Crippen LogP contribution in [0, 0.1) is 13.8 Å². The molecule has 5 heteroatoms. The first-order valence-electron chi connectivity index (χ1n) is 11.0. The van der Waals surface area contributed by atoms with Crippen molar-refractivity contribution in [1.82, 2.24) is 14.6 Å². The molecule has 0 bridgehead atoms. The summed E-state index contributed by atoms with van der Waals surface area (Å²) >= 11 is 0. The highest BCUT2D eigenvalue weighted by atomic mass is 16.5. The molecule has 31 heavy (non-hydrogen) atoms. The fourth-order valence-corrected chi connectivity index (χ4v) is 4.38. The Bertz CT molecular complexity index is 1240. The van der Waals surface area contributed by atoms with E-state index in [0.717, 1.165) is 52.1 Å². The summed E-state index contributed by atoms with van der Waals surface area (Å²) in [5, 5.41) is 4.84. The fraction of sp³-hybridized carbons (Fsp3) is 0.308. The Hall–Kier alpha value is -3.18. The van der Waals surface area contributed by atoms with Crippen LogP contribution in [0.25, 0.3) is 28.2 Å². The highest BCUT2D eigenvalue weighted by Gasteiger charge is 2.34. The molecule has 0 atom stereocenters. The van der Waals surface area contributed by atoms with Crippen LogP contribution in [0.5, 0.6) is 5.88 Å². The van der Waals surface area contributed by atoms with Crippen LogP contribution in [-0.4, -0.2) is 21.2 Å². The molecule has 1 saturated carbocycles. The second-order valence-corrected chi connectivity index (χ2v) is 8.49. The Balaban J connectivity index is 1.73. The minimum absolute atomic E-state index is 0.165. The second-order valence-electron chi connectivity index (χ2n) is 8.49. The van der Waals surface area contributed by atoms with Crippen molar-refractivity contribution in [2.45, 2.75) is 45.6 Å². The molecular weight excluding hydrogens is 384 g/mol. The topological polar surface area (TPSA) is 65.4 Å². The maximum Gasteiger partial charge on any atom is 0.235 e. The van der Waals surface area contributed by atoms with E-state index < -0.39 is 0 Å². The van der Waals surface area contributed by atoms with Crippen LogP contribution in [0.3, 0.4) is 0 Å². The van der Waals surface area contributed by atoms with Crippen LogP contribution in [0.15, 0.2) is 54.6 Å². The Morgan fingerprint density at radius 3 is 2.29 bits per heavy atom. The van der Waals surface area contributed by atoms with Gasteiger partial charge in [-0.15, -0.1) is 5.10 Å². The second kappa shape index (κ2) is 7.50. The molecule has 2 heterocycles. The molecule has 1 aliphatic rings. The van der Waals surface area contributed by atoms with Gasteiger partial charge < -0.3 is 10.5 Å². The van der Waals surface area contributed by atoms with Gasteiger partial charge >= 0.3 is 0 Å². The summed E-state index contributed by atoms with van der Waals surface area (Å²) in [6.07, 6.45) is 3.31. The Labute approximate surface area is 182 Å². The van der Waals surface area contributed by atoms with Crippen LogP contribution in [-0.2, 0) is 5.54 Å². The van der Waals surface area contributed by atoms with Gasteiger partial charge in [0.15, 0.2) is 5.65 Å². The summed E-state index contributed by atoms with van der Waals surface area (Å²) in [7, 11) is 0. The van der Waals surface area contributed by atoms with Crippen molar-refractivity contribution >= 4 is 5.65 Å². The number of aryl methyl sites for hydroxylation is 1. The van der Waals surface area contributed by atoms with E-state index in [9.17, 15) is 0 Å². The Morgan fingerprint density at radius 2 is 1.68 bits per heavy atom. The van der Waals surface area contributed by atoms with Gasteiger partial charge in [0.25, 0.3) is 0 Å². The van der Waals surface area contributed by atoms with Gasteiger partial charge in [0.2, 0.25) is 5.88 Å². The summed E-state index contributed by atoms with van der Waals surface area (Å²) in [4.78, 5) is 5.06. The Morgan fingerprint density at radius 1 is 0.968 bits per heavy atom. The third kappa shape index (κ3) is 3.20. The molecular formula is C26H28N4O. The quantitative estimate of drug-likeness (QED) is 0.475. The van der Waals surface area contributed by atoms with Crippen LogP contribution < -0.4 is 10.5 Å². The third-order valence-electron chi connectivity index (χ3n) is 6.57. The number of hydrogen-bond acceptors (Lipinski definition) is 4. The molecule has 1 aliphatic carbocycles. The van der Waals surface area contributed by atoms with Crippen molar-refractivity contribution < 1.29 is 4.74 Å². The lowest BCUT2D eigenvalue weighted by Gasteiger charge is -2.38. The molecule has 0 radical (unpaired) electrons. The number of fused-ring (bicyclic) bond motifs is 1. The van der Waals surface area contributed by atoms with Crippen molar-refractivity contribution in [3.05, 3.63) is 71.3 Å². The van der Waals surface area contributed by atoms with Crippen molar-refractivity contribution in [2.24, 2.45) is 5.73 Å². The van der Waals surface area contributed by atoms with E-state index in [1.165, 1.54) is 12.0 Å². The molecule has 0 unspecified atom stereocenters. The number of aromatic nitrogens is 3. The number of nitrogens with zero attached hydrogens (tertiary/aromatic N) is 3. The van der Waals surface area contributed by atoms with Gasteiger partial charge in [0, 0.05) is 27.8 Å². The molecule has 5 rings (SSSR count). The number of rotatable bonds is 5. The van der Waals surface area contributed by atoms with E-state index in [-0.39, 0.29) is 5.54 Å². The van der Waals surface area contributed by atoms with Crippen LogP contribution in [0.2, 0.25) is 0 Å². The standard InChI is InChI=1S/C26H28N4O/c1-4-31-25-18(3)17(2)24-28-22(23(30(24)29-25)20-9-6-5-7-10-20)19-11-13-21(14-12-19)26(27)15-8-16-26/h5-7,9-14H,4,8,15-16,27H2,1-3H3. The van der Waals surface area contributed by atoms with Crippen molar-refractivity contribution in [2.75, 3.05) is 6.61 Å². The van der Waals surface area contributed by atoms with Crippen molar-refractivity contribution in [3.8, 4) is 28.4 Å². The molecule has 0 amide bonds. The molecule has 0 spiro atoms. The maximum absolute atomic E-state index is 6.53. The summed E-state index contributed by atoms with van der Waals surface area (Å²) in [6.45, 7) is 6.67. The predicted molar refractivity (Wildman–Crippen MR) is 124 cm³/mol. The van der Waals surface area contributed by atoms with E-state index in [2.05, 4.69) is 43.3 Å². The first-order valence-corrected chi connectivity index (χ1v) is 11.0. The van der Waals surface area contributed by atoms with Gasteiger partial charge in [-0.2, -0.15) is 0 Å². The monoisotopic (exact) mass is 412 g/mol. The number of hydrogen-bond donors (Lipinski definition) is 1. The largest absolute Gasteiger partial charge is 0.477 e. The minimum atomic E-state index is -0.165. The average Bonchev–Trinajstić information content (AvgIpc) is 3.16. The molecule has 158 valence electrons. The molecule has 2 aromatic carbocycles. The van der Waals surface area contributed by atoms with E-state index in [4.69, 9.17) is 20.6 Å². The first-order chi connectivity index (χ1) is 15.0. The van der Waals surface area contributed by atoms with Crippen molar-refractivity contribution in [3.63, 3.8) is 0 Å². The first kappa shape index (κ1) is 19.8. The highest BCUT2D eigenvalue weighted by Crippen LogP contribution is 2.40. The normalized spacial score (nSPS) is 15.1. The smallest absolute Gasteiger partial charge is 0.235 e. The van der Waals surface area contributed by atoms with E-state index in [0.29, 0.717) is 12.5 Å². The molecule has 1 fully saturated rings. The molecule has 4 aromatic rings. The number of ether oxygens (including phenoxy) is 1. The molecule has 5 nitrogen and oxygen atoms in total. The molecule has 0 aliphatic heterocycles. The van der Waals surface area contributed by atoms with Gasteiger partial charge in [0.05, 0.1) is 12.3 Å². The minimum Gasteiger partial charge on any atom is -0.477 e. The fourth-order valence-electron chi connectivity index (χ4n) is 4.38. The van der Waals surface area contributed by atoms with Gasteiger partial charge in [-0.25, -0.2) is 9.50 Å². The summed E-state index contributed by atoms with van der Waals surface area (Å²) in [5.41, 5.74) is 14.5. The van der Waals surface area contributed by atoms with Crippen molar-refractivity contribution in [1.29, 1.82) is 0 Å². The van der Waals surface area contributed by atoms with E-state index in [1.54, 1.807) is 0 Å². The summed E-state index contributed by atoms with van der Waals surface area (Å²) in [5.74, 6) is 0.652. The summed E-state index contributed by atoms with van der Waals surface area (Å²) in [6, 6.07) is 18.9. The van der Waals surface area contributed by atoms with Crippen LogP contribution in [0.4, 0.5) is 0 Å². The van der Waals surface area contributed by atoms with Gasteiger partial charge in [-0.3, -0.25) is 0 Å².